The van der Waals surface area contributed by atoms with Gasteiger partial charge < -0.3 is 5.32 Å². The third-order valence-corrected chi connectivity index (χ3v) is 3.73. The van der Waals surface area contributed by atoms with Crippen LogP contribution in [0.4, 0.5) is 5.69 Å². The fourth-order valence-corrected chi connectivity index (χ4v) is 2.38. The van der Waals surface area contributed by atoms with Gasteiger partial charge in [-0.25, -0.2) is 0 Å². The van der Waals surface area contributed by atoms with E-state index in [1.54, 1.807) is 0 Å². The van der Waals surface area contributed by atoms with Crippen LogP contribution in [0, 0.1) is 13.8 Å². The average Bonchev–Trinajstić information content (AvgIpc) is 2.51. The molecule has 0 atom stereocenters. The molecule has 0 saturated carbocycles. The third-order valence-electron chi connectivity index (χ3n) is 3.73. The Bertz CT molecular complexity index is 623. The molecule has 0 bridgehead atoms. The number of carbonyl (C=O) groups excluding carboxylic acids is 1. The summed E-state index contributed by atoms with van der Waals surface area (Å²) in [5.74, 6) is 0.0338. The second-order valence-corrected chi connectivity index (χ2v) is 5.66. The maximum atomic E-state index is 12.3. The van der Waals surface area contributed by atoms with Gasteiger partial charge in [0.25, 0.3) is 0 Å². The number of hydrogen-bond acceptors (Lipinski definition) is 2. The van der Waals surface area contributed by atoms with Crippen LogP contribution in [0.25, 0.3) is 0 Å². The van der Waals surface area contributed by atoms with Crippen LogP contribution in [0.2, 0.25) is 0 Å². The van der Waals surface area contributed by atoms with Crippen molar-refractivity contribution in [3.05, 3.63) is 65.2 Å². The SMILES string of the molecule is CCN(CC(=O)Nc1cc(C)ccc1C)Cc1ccccc1. The lowest BCUT2D eigenvalue weighted by Gasteiger charge is -2.20. The van der Waals surface area contributed by atoms with Crippen molar-refractivity contribution in [2.75, 3.05) is 18.4 Å². The lowest BCUT2D eigenvalue weighted by molar-refractivity contribution is -0.117. The van der Waals surface area contributed by atoms with Crippen molar-refractivity contribution in [2.24, 2.45) is 0 Å². The molecule has 22 heavy (non-hydrogen) atoms. The van der Waals surface area contributed by atoms with E-state index in [-0.39, 0.29) is 5.91 Å². The van der Waals surface area contributed by atoms with Crippen molar-refractivity contribution in [1.29, 1.82) is 0 Å². The highest BCUT2D eigenvalue weighted by molar-refractivity contribution is 5.93. The molecule has 3 heteroatoms. The first kappa shape index (κ1) is 16.2. The summed E-state index contributed by atoms with van der Waals surface area (Å²) >= 11 is 0. The smallest absolute Gasteiger partial charge is 0.238 e. The van der Waals surface area contributed by atoms with E-state index in [1.165, 1.54) is 5.56 Å². The average molecular weight is 296 g/mol. The normalized spacial score (nSPS) is 10.7. The van der Waals surface area contributed by atoms with Crippen LogP contribution in [0.3, 0.4) is 0 Å². The molecule has 0 heterocycles. The van der Waals surface area contributed by atoms with Crippen LogP contribution < -0.4 is 5.32 Å². The molecule has 0 aromatic heterocycles. The fourth-order valence-electron chi connectivity index (χ4n) is 2.38. The molecule has 0 saturated heterocycles. The zero-order valence-electron chi connectivity index (χ0n) is 13.6. The molecule has 1 amide bonds. The minimum absolute atomic E-state index is 0.0338. The summed E-state index contributed by atoms with van der Waals surface area (Å²) in [5.41, 5.74) is 4.37. The molecule has 2 rings (SSSR count). The van der Waals surface area contributed by atoms with Gasteiger partial charge in [0.2, 0.25) is 5.91 Å². The maximum absolute atomic E-state index is 12.3. The summed E-state index contributed by atoms with van der Waals surface area (Å²) in [6.45, 7) is 8.15. The molecular weight excluding hydrogens is 272 g/mol. The number of aryl methyl sites for hydroxylation is 2. The first-order valence-electron chi connectivity index (χ1n) is 7.72. The monoisotopic (exact) mass is 296 g/mol. The number of nitrogens with one attached hydrogen (secondary N) is 1. The number of likely N-dealkylation sites (N-methyl/N-ethyl adjacent to an activating group) is 1. The Hall–Kier alpha value is -2.13. The quantitative estimate of drug-likeness (QED) is 0.880. The van der Waals surface area contributed by atoms with Crippen molar-refractivity contribution in [3.63, 3.8) is 0 Å². The van der Waals surface area contributed by atoms with Gasteiger partial charge in [0.1, 0.15) is 0 Å². The van der Waals surface area contributed by atoms with Gasteiger partial charge in [0, 0.05) is 12.2 Å². The lowest BCUT2D eigenvalue weighted by Crippen LogP contribution is -2.32. The molecule has 0 spiro atoms. The van der Waals surface area contributed by atoms with Crippen LogP contribution in [0.15, 0.2) is 48.5 Å². The van der Waals surface area contributed by atoms with E-state index in [0.717, 1.165) is 29.9 Å². The van der Waals surface area contributed by atoms with Gasteiger partial charge in [-0.05, 0) is 43.1 Å². The minimum Gasteiger partial charge on any atom is -0.325 e. The molecule has 2 aromatic rings. The van der Waals surface area contributed by atoms with Gasteiger partial charge in [0.05, 0.1) is 6.54 Å². The molecule has 0 radical (unpaired) electrons. The number of carbonyl (C=O) groups is 1. The van der Waals surface area contributed by atoms with Crippen molar-refractivity contribution in [3.8, 4) is 0 Å². The van der Waals surface area contributed by atoms with Gasteiger partial charge >= 0.3 is 0 Å². The third kappa shape index (κ3) is 4.71. The maximum Gasteiger partial charge on any atom is 0.238 e. The highest BCUT2D eigenvalue weighted by Crippen LogP contribution is 2.16. The summed E-state index contributed by atoms with van der Waals surface area (Å²) in [4.78, 5) is 14.4. The molecular formula is C19H24N2O. The summed E-state index contributed by atoms with van der Waals surface area (Å²) in [5, 5.41) is 3.02. The topological polar surface area (TPSA) is 32.3 Å². The second kappa shape index (κ2) is 7.76. The van der Waals surface area contributed by atoms with E-state index >= 15 is 0 Å². The van der Waals surface area contributed by atoms with Crippen molar-refractivity contribution < 1.29 is 4.79 Å². The van der Waals surface area contributed by atoms with Gasteiger partial charge in [-0.3, -0.25) is 9.69 Å². The van der Waals surface area contributed by atoms with E-state index in [4.69, 9.17) is 0 Å². The van der Waals surface area contributed by atoms with Gasteiger partial charge in [-0.1, -0.05) is 49.4 Å². The van der Waals surface area contributed by atoms with E-state index in [1.807, 2.05) is 44.2 Å². The Morgan fingerprint density at radius 1 is 1.09 bits per heavy atom. The van der Waals surface area contributed by atoms with Gasteiger partial charge in [-0.2, -0.15) is 0 Å². The first-order valence-corrected chi connectivity index (χ1v) is 7.72. The number of hydrogen-bond donors (Lipinski definition) is 1. The lowest BCUT2D eigenvalue weighted by atomic mass is 10.1. The van der Waals surface area contributed by atoms with Crippen molar-refractivity contribution in [1.82, 2.24) is 4.90 Å². The fraction of sp³-hybridized carbons (Fsp3) is 0.316. The standard InChI is InChI=1S/C19H24N2O/c1-4-21(13-17-8-6-5-7-9-17)14-19(22)20-18-12-15(2)10-11-16(18)3/h5-12H,4,13-14H2,1-3H3,(H,20,22). The molecule has 2 aromatic carbocycles. The zero-order valence-corrected chi connectivity index (χ0v) is 13.6. The van der Waals surface area contributed by atoms with Crippen LogP contribution in [0.5, 0.6) is 0 Å². The van der Waals surface area contributed by atoms with Crippen molar-refractivity contribution >= 4 is 11.6 Å². The highest BCUT2D eigenvalue weighted by atomic mass is 16.2. The van der Waals surface area contributed by atoms with Crippen LogP contribution in [-0.4, -0.2) is 23.9 Å². The molecule has 0 aliphatic heterocycles. The van der Waals surface area contributed by atoms with Crippen molar-refractivity contribution in [2.45, 2.75) is 27.3 Å². The molecule has 1 N–H and O–H groups in total. The van der Waals surface area contributed by atoms with E-state index < -0.39 is 0 Å². The van der Waals surface area contributed by atoms with E-state index in [9.17, 15) is 4.79 Å². The Balaban J connectivity index is 1.96. The number of nitrogens with zero attached hydrogens (tertiary/aromatic N) is 1. The Morgan fingerprint density at radius 2 is 1.82 bits per heavy atom. The van der Waals surface area contributed by atoms with Gasteiger partial charge in [0.15, 0.2) is 0 Å². The number of anilines is 1. The Morgan fingerprint density at radius 3 is 2.50 bits per heavy atom. The highest BCUT2D eigenvalue weighted by Gasteiger charge is 2.11. The first-order chi connectivity index (χ1) is 10.6. The molecule has 0 unspecified atom stereocenters. The van der Waals surface area contributed by atoms with E-state index in [2.05, 4.69) is 35.3 Å². The molecule has 116 valence electrons. The van der Waals surface area contributed by atoms with Crippen LogP contribution >= 0.6 is 0 Å². The molecule has 0 fully saturated rings. The van der Waals surface area contributed by atoms with E-state index in [0.29, 0.717) is 6.54 Å². The summed E-state index contributed by atoms with van der Waals surface area (Å²) in [6, 6.07) is 16.3. The zero-order chi connectivity index (χ0) is 15.9. The van der Waals surface area contributed by atoms with Crippen LogP contribution in [0.1, 0.15) is 23.6 Å². The summed E-state index contributed by atoms with van der Waals surface area (Å²) in [7, 11) is 0. The number of benzene rings is 2. The van der Waals surface area contributed by atoms with Crippen LogP contribution in [-0.2, 0) is 11.3 Å². The largest absolute Gasteiger partial charge is 0.325 e. The molecule has 3 nitrogen and oxygen atoms in total. The summed E-state index contributed by atoms with van der Waals surface area (Å²) in [6.07, 6.45) is 0. The predicted molar refractivity (Wildman–Crippen MR) is 91.9 cm³/mol. The minimum atomic E-state index is 0.0338. The Kier molecular flexibility index (Phi) is 5.73. The predicted octanol–water partition coefficient (Wildman–Crippen LogP) is 3.76. The summed E-state index contributed by atoms with van der Waals surface area (Å²) < 4.78 is 0. The Labute approximate surface area is 133 Å². The molecule has 0 aliphatic carbocycles. The molecule has 0 aliphatic rings. The van der Waals surface area contributed by atoms with Gasteiger partial charge in [-0.15, -0.1) is 0 Å². The second-order valence-electron chi connectivity index (χ2n) is 5.66. The number of amides is 1. The number of rotatable bonds is 6.